The van der Waals surface area contributed by atoms with Crippen LogP contribution in [0.3, 0.4) is 0 Å². The minimum Gasteiger partial charge on any atom is -0.398 e. The number of hydrogen-bond donors (Lipinski definition) is 1. The van der Waals surface area contributed by atoms with Gasteiger partial charge in [-0.1, -0.05) is 44.4 Å². The molecule has 1 aromatic carbocycles. The van der Waals surface area contributed by atoms with Crippen LogP contribution in [0.5, 0.6) is 0 Å². The zero-order chi connectivity index (χ0) is 10.7. The van der Waals surface area contributed by atoms with E-state index < -0.39 is 0 Å². The van der Waals surface area contributed by atoms with E-state index in [4.69, 9.17) is 5.73 Å². The van der Waals surface area contributed by atoms with Gasteiger partial charge in [0.2, 0.25) is 0 Å². The first kappa shape index (κ1) is 10.5. The van der Waals surface area contributed by atoms with Gasteiger partial charge in [0.15, 0.2) is 0 Å². The van der Waals surface area contributed by atoms with Crippen LogP contribution in [0.25, 0.3) is 0 Å². The van der Waals surface area contributed by atoms with Crippen molar-refractivity contribution in [2.75, 3.05) is 5.73 Å². The molecule has 2 atom stereocenters. The molecular weight excluding hydrogens is 182 g/mol. The maximum absolute atomic E-state index is 6.04. The van der Waals surface area contributed by atoms with Gasteiger partial charge in [-0.3, -0.25) is 0 Å². The number of anilines is 1. The van der Waals surface area contributed by atoms with E-state index in [2.05, 4.69) is 19.1 Å². The second-order valence-corrected chi connectivity index (χ2v) is 4.77. The Morgan fingerprint density at radius 1 is 1.27 bits per heavy atom. The molecule has 0 spiro atoms. The van der Waals surface area contributed by atoms with Crippen molar-refractivity contribution >= 4 is 5.69 Å². The third kappa shape index (κ3) is 2.34. The number of benzene rings is 1. The van der Waals surface area contributed by atoms with Crippen LogP contribution >= 0.6 is 0 Å². The summed E-state index contributed by atoms with van der Waals surface area (Å²) in [6.07, 6.45) is 6.77. The third-order valence-electron chi connectivity index (χ3n) is 3.80. The molecule has 1 aromatic rings. The molecular formula is C14H21N. The van der Waals surface area contributed by atoms with E-state index in [0.29, 0.717) is 5.92 Å². The summed E-state index contributed by atoms with van der Waals surface area (Å²) >= 11 is 0. The lowest BCUT2D eigenvalue weighted by Crippen LogP contribution is -2.14. The van der Waals surface area contributed by atoms with E-state index >= 15 is 0 Å². The fraction of sp³-hybridized carbons (Fsp3) is 0.571. The second kappa shape index (κ2) is 4.69. The molecule has 1 aliphatic rings. The topological polar surface area (TPSA) is 26.0 Å². The molecule has 2 N–H and O–H groups in total. The van der Waals surface area contributed by atoms with Crippen LogP contribution in [0.1, 0.15) is 50.5 Å². The first-order chi connectivity index (χ1) is 7.31. The summed E-state index contributed by atoms with van der Waals surface area (Å²) < 4.78 is 0. The van der Waals surface area contributed by atoms with Crippen molar-refractivity contribution in [1.29, 1.82) is 0 Å². The lowest BCUT2D eigenvalue weighted by molar-refractivity contribution is 0.315. The van der Waals surface area contributed by atoms with Gasteiger partial charge in [-0.25, -0.2) is 0 Å². The van der Waals surface area contributed by atoms with Crippen LogP contribution in [0, 0.1) is 5.92 Å². The van der Waals surface area contributed by atoms with Crippen molar-refractivity contribution in [3.8, 4) is 0 Å². The van der Waals surface area contributed by atoms with Crippen LogP contribution < -0.4 is 5.73 Å². The zero-order valence-electron chi connectivity index (χ0n) is 9.58. The van der Waals surface area contributed by atoms with Gasteiger partial charge in [-0.2, -0.15) is 0 Å². The number of nitrogen functional groups attached to an aromatic ring is 1. The molecule has 2 rings (SSSR count). The Kier molecular flexibility index (Phi) is 3.30. The molecule has 1 heteroatoms. The molecule has 15 heavy (non-hydrogen) atoms. The lowest BCUT2D eigenvalue weighted by atomic mass is 9.77. The SMILES string of the molecule is CC[C@H]1CCC[C@H](c2ccccc2N)C1. The van der Waals surface area contributed by atoms with Crippen LogP contribution in [0.2, 0.25) is 0 Å². The van der Waals surface area contributed by atoms with Crippen molar-refractivity contribution in [1.82, 2.24) is 0 Å². The Bertz CT molecular complexity index is 319. The highest BCUT2D eigenvalue weighted by Crippen LogP contribution is 2.39. The first-order valence-electron chi connectivity index (χ1n) is 6.15. The standard InChI is InChI=1S/C14H21N/c1-2-11-6-5-7-12(10-11)13-8-3-4-9-14(13)15/h3-4,8-9,11-12H,2,5-7,10,15H2,1H3/t11-,12-/m0/s1. The fourth-order valence-corrected chi connectivity index (χ4v) is 2.83. The van der Waals surface area contributed by atoms with Gasteiger partial charge in [0.1, 0.15) is 0 Å². The van der Waals surface area contributed by atoms with E-state index in [1.165, 1.54) is 37.7 Å². The third-order valence-corrected chi connectivity index (χ3v) is 3.80. The Hall–Kier alpha value is -0.980. The smallest absolute Gasteiger partial charge is 0.0349 e. The molecule has 0 amide bonds. The highest BCUT2D eigenvalue weighted by molar-refractivity contribution is 5.48. The zero-order valence-corrected chi connectivity index (χ0v) is 9.58. The Morgan fingerprint density at radius 3 is 2.80 bits per heavy atom. The van der Waals surface area contributed by atoms with E-state index in [9.17, 15) is 0 Å². The lowest BCUT2D eigenvalue weighted by Gasteiger charge is -2.29. The Balaban J connectivity index is 2.13. The van der Waals surface area contributed by atoms with Crippen molar-refractivity contribution in [2.24, 2.45) is 5.92 Å². The minimum absolute atomic E-state index is 0.713. The summed E-state index contributed by atoms with van der Waals surface area (Å²) in [5, 5.41) is 0. The van der Waals surface area contributed by atoms with Crippen LogP contribution in [0.15, 0.2) is 24.3 Å². The molecule has 1 fully saturated rings. The number of rotatable bonds is 2. The molecule has 0 bridgehead atoms. The highest BCUT2D eigenvalue weighted by Gasteiger charge is 2.22. The van der Waals surface area contributed by atoms with Crippen molar-refractivity contribution in [2.45, 2.75) is 44.9 Å². The summed E-state index contributed by atoms with van der Waals surface area (Å²) in [5.41, 5.74) is 8.41. The molecule has 0 saturated heterocycles. The van der Waals surface area contributed by atoms with Gasteiger partial charge in [-0.05, 0) is 36.3 Å². The molecule has 82 valence electrons. The Morgan fingerprint density at radius 2 is 2.07 bits per heavy atom. The summed E-state index contributed by atoms with van der Waals surface area (Å²) in [4.78, 5) is 0. The quantitative estimate of drug-likeness (QED) is 0.723. The highest BCUT2D eigenvalue weighted by atomic mass is 14.6. The predicted molar refractivity (Wildman–Crippen MR) is 65.8 cm³/mol. The Labute approximate surface area is 92.7 Å². The van der Waals surface area contributed by atoms with Crippen molar-refractivity contribution in [3.05, 3.63) is 29.8 Å². The number of nitrogens with two attached hydrogens (primary N) is 1. The summed E-state index contributed by atoms with van der Waals surface area (Å²) in [6, 6.07) is 8.38. The minimum atomic E-state index is 0.713. The average molecular weight is 203 g/mol. The second-order valence-electron chi connectivity index (χ2n) is 4.77. The van der Waals surface area contributed by atoms with Gasteiger partial charge in [0.25, 0.3) is 0 Å². The maximum atomic E-state index is 6.04. The monoisotopic (exact) mass is 203 g/mol. The van der Waals surface area contributed by atoms with Gasteiger partial charge < -0.3 is 5.73 Å². The molecule has 0 aliphatic heterocycles. The predicted octanol–water partition coefficient (Wildman–Crippen LogP) is 3.95. The van der Waals surface area contributed by atoms with Crippen LogP contribution in [0.4, 0.5) is 5.69 Å². The van der Waals surface area contributed by atoms with E-state index in [0.717, 1.165) is 11.6 Å². The van der Waals surface area contributed by atoms with Gasteiger partial charge in [0.05, 0.1) is 0 Å². The van der Waals surface area contributed by atoms with E-state index in [1.54, 1.807) is 0 Å². The molecule has 0 radical (unpaired) electrons. The van der Waals surface area contributed by atoms with Gasteiger partial charge in [0, 0.05) is 5.69 Å². The van der Waals surface area contributed by atoms with Gasteiger partial charge in [-0.15, -0.1) is 0 Å². The molecule has 0 unspecified atom stereocenters. The van der Waals surface area contributed by atoms with E-state index in [1.807, 2.05) is 12.1 Å². The first-order valence-corrected chi connectivity index (χ1v) is 6.15. The normalized spacial score (nSPS) is 26.5. The molecule has 1 saturated carbocycles. The molecule has 1 nitrogen and oxygen atoms in total. The number of hydrogen-bond acceptors (Lipinski definition) is 1. The van der Waals surface area contributed by atoms with Crippen molar-refractivity contribution < 1.29 is 0 Å². The van der Waals surface area contributed by atoms with E-state index in [-0.39, 0.29) is 0 Å². The van der Waals surface area contributed by atoms with Crippen LogP contribution in [-0.2, 0) is 0 Å². The van der Waals surface area contributed by atoms with Gasteiger partial charge >= 0.3 is 0 Å². The number of para-hydroxylation sites is 1. The summed E-state index contributed by atoms with van der Waals surface area (Å²) in [5.74, 6) is 1.63. The maximum Gasteiger partial charge on any atom is 0.0349 e. The fourth-order valence-electron chi connectivity index (χ4n) is 2.83. The summed E-state index contributed by atoms with van der Waals surface area (Å²) in [7, 11) is 0. The summed E-state index contributed by atoms with van der Waals surface area (Å²) in [6.45, 7) is 2.31. The molecule has 1 aliphatic carbocycles. The average Bonchev–Trinajstić information content (AvgIpc) is 2.30. The van der Waals surface area contributed by atoms with Crippen molar-refractivity contribution in [3.63, 3.8) is 0 Å². The van der Waals surface area contributed by atoms with Crippen LogP contribution in [-0.4, -0.2) is 0 Å². The molecule has 0 aromatic heterocycles. The molecule has 0 heterocycles. The largest absolute Gasteiger partial charge is 0.398 e.